The summed E-state index contributed by atoms with van der Waals surface area (Å²) in [6.07, 6.45) is 1.01. The quantitative estimate of drug-likeness (QED) is 0.903. The Kier molecular flexibility index (Phi) is 4.91. The third kappa shape index (κ3) is 3.96. The minimum atomic E-state index is -3.71. The Morgan fingerprint density at radius 1 is 1.43 bits per heavy atom. The van der Waals surface area contributed by atoms with E-state index in [1.807, 2.05) is 13.8 Å². The van der Waals surface area contributed by atoms with Crippen molar-refractivity contribution in [1.82, 2.24) is 0 Å². The Hall–Kier alpha value is -1.11. The van der Waals surface area contributed by atoms with Gasteiger partial charge in [-0.15, -0.1) is 0 Å². The summed E-state index contributed by atoms with van der Waals surface area (Å²) in [5.41, 5.74) is 1.48. The maximum atomic E-state index is 11.6. The Morgan fingerprint density at radius 3 is 2.67 bits per heavy atom. The van der Waals surface area contributed by atoms with Crippen molar-refractivity contribution >= 4 is 10.0 Å². The second kappa shape index (κ2) is 6.34. The fraction of sp³-hybridized carbons (Fsp3) is 0.600. The molecule has 0 saturated carbocycles. The summed E-state index contributed by atoms with van der Waals surface area (Å²) in [6.45, 7) is 7.84. The Labute approximate surface area is 126 Å². The summed E-state index contributed by atoms with van der Waals surface area (Å²) >= 11 is 0. The van der Waals surface area contributed by atoms with Crippen LogP contribution < -0.4 is 9.88 Å². The molecule has 1 saturated heterocycles. The van der Waals surface area contributed by atoms with E-state index in [1.54, 1.807) is 19.1 Å². The fourth-order valence-corrected chi connectivity index (χ4v) is 3.28. The van der Waals surface area contributed by atoms with Gasteiger partial charge in [-0.05, 0) is 42.5 Å². The van der Waals surface area contributed by atoms with Crippen LogP contribution >= 0.6 is 0 Å². The predicted molar refractivity (Wildman–Crippen MR) is 81.1 cm³/mol. The molecule has 1 aliphatic rings. The first kappa shape index (κ1) is 16.3. The molecule has 21 heavy (non-hydrogen) atoms. The number of hydrogen-bond donors (Lipinski definition) is 1. The summed E-state index contributed by atoms with van der Waals surface area (Å²) < 4.78 is 34.5. The highest BCUT2D eigenvalue weighted by atomic mass is 32.2. The Bertz CT molecular complexity index is 604. The first-order valence-corrected chi connectivity index (χ1v) is 8.71. The highest BCUT2D eigenvalue weighted by molar-refractivity contribution is 7.89. The van der Waals surface area contributed by atoms with Gasteiger partial charge >= 0.3 is 0 Å². The summed E-state index contributed by atoms with van der Waals surface area (Å²) in [5.74, 6) is 1.30. The molecule has 1 heterocycles. The normalized spacial score (nSPS) is 19.2. The maximum absolute atomic E-state index is 11.6. The van der Waals surface area contributed by atoms with Crippen molar-refractivity contribution in [2.45, 2.75) is 38.0 Å². The van der Waals surface area contributed by atoms with Crippen molar-refractivity contribution in [3.05, 3.63) is 23.3 Å². The lowest BCUT2D eigenvalue weighted by Crippen LogP contribution is -2.16. The van der Waals surface area contributed by atoms with Gasteiger partial charge in [0.25, 0.3) is 0 Å². The number of benzene rings is 1. The molecular weight excluding hydrogens is 290 g/mol. The predicted octanol–water partition coefficient (Wildman–Crippen LogP) is 2.18. The average molecular weight is 313 g/mol. The van der Waals surface area contributed by atoms with Crippen molar-refractivity contribution in [3.8, 4) is 5.75 Å². The molecular formula is C15H23NO4S. The van der Waals surface area contributed by atoms with Gasteiger partial charge in [-0.25, -0.2) is 13.6 Å². The lowest BCUT2D eigenvalue weighted by molar-refractivity contribution is 0.166. The monoisotopic (exact) mass is 313 g/mol. The van der Waals surface area contributed by atoms with Gasteiger partial charge in [0, 0.05) is 12.5 Å². The molecule has 0 bridgehead atoms. The van der Waals surface area contributed by atoms with Crippen LogP contribution in [-0.4, -0.2) is 28.2 Å². The van der Waals surface area contributed by atoms with Crippen LogP contribution in [0.2, 0.25) is 0 Å². The van der Waals surface area contributed by atoms with E-state index in [1.165, 1.54) is 0 Å². The average Bonchev–Trinajstić information content (AvgIpc) is 2.87. The van der Waals surface area contributed by atoms with E-state index in [4.69, 9.17) is 14.6 Å². The number of ether oxygens (including phenoxy) is 2. The number of hydrogen-bond acceptors (Lipinski definition) is 4. The van der Waals surface area contributed by atoms with Crippen molar-refractivity contribution in [3.63, 3.8) is 0 Å². The lowest BCUT2D eigenvalue weighted by atomic mass is 10.0. The summed E-state index contributed by atoms with van der Waals surface area (Å²) in [6, 6.07) is 3.40. The lowest BCUT2D eigenvalue weighted by Gasteiger charge is -2.18. The van der Waals surface area contributed by atoms with Crippen LogP contribution in [0.4, 0.5) is 0 Å². The number of rotatable bonds is 5. The zero-order chi connectivity index (χ0) is 15.6. The van der Waals surface area contributed by atoms with Gasteiger partial charge in [0.15, 0.2) is 0 Å². The number of aryl methyl sites for hydroxylation is 1. The van der Waals surface area contributed by atoms with Crippen LogP contribution in [0.5, 0.6) is 5.75 Å². The summed E-state index contributed by atoms with van der Waals surface area (Å²) in [5, 5.41) is 5.27. The van der Waals surface area contributed by atoms with Gasteiger partial charge in [-0.2, -0.15) is 0 Å². The second-order valence-electron chi connectivity index (χ2n) is 5.90. The summed E-state index contributed by atoms with van der Waals surface area (Å²) in [7, 11) is -3.71. The van der Waals surface area contributed by atoms with Crippen LogP contribution in [0.1, 0.15) is 37.3 Å². The van der Waals surface area contributed by atoms with Gasteiger partial charge in [-0.3, -0.25) is 0 Å². The Morgan fingerprint density at radius 2 is 2.14 bits per heavy atom. The highest BCUT2D eigenvalue weighted by Gasteiger charge is 2.20. The van der Waals surface area contributed by atoms with Gasteiger partial charge in [0.1, 0.15) is 5.75 Å². The van der Waals surface area contributed by atoms with E-state index < -0.39 is 10.0 Å². The summed E-state index contributed by atoms with van der Waals surface area (Å²) in [4.78, 5) is 0.169. The van der Waals surface area contributed by atoms with Crippen LogP contribution in [-0.2, 0) is 14.8 Å². The van der Waals surface area contributed by atoms with Crippen molar-refractivity contribution in [2.24, 2.45) is 11.1 Å². The van der Waals surface area contributed by atoms with E-state index in [2.05, 4.69) is 0 Å². The maximum Gasteiger partial charge on any atom is 0.238 e. The minimum absolute atomic E-state index is 0.154. The van der Waals surface area contributed by atoms with E-state index in [-0.39, 0.29) is 10.8 Å². The zero-order valence-electron chi connectivity index (χ0n) is 12.8. The first-order chi connectivity index (χ1) is 9.79. The Balaban J connectivity index is 2.29. The second-order valence-corrected chi connectivity index (χ2v) is 7.43. The van der Waals surface area contributed by atoms with E-state index in [0.29, 0.717) is 18.1 Å². The molecule has 1 atom stereocenters. The molecule has 1 aromatic rings. The van der Waals surface area contributed by atoms with E-state index in [0.717, 1.165) is 30.9 Å². The van der Waals surface area contributed by atoms with Gasteiger partial charge in [-0.1, -0.05) is 13.8 Å². The molecule has 2 N–H and O–H groups in total. The van der Waals surface area contributed by atoms with Gasteiger partial charge in [0.2, 0.25) is 10.0 Å². The molecule has 1 aromatic carbocycles. The molecule has 0 aromatic heterocycles. The minimum Gasteiger partial charge on any atom is -0.493 e. The van der Waals surface area contributed by atoms with Crippen LogP contribution in [0, 0.1) is 12.8 Å². The third-order valence-corrected chi connectivity index (χ3v) is 4.79. The smallest absolute Gasteiger partial charge is 0.238 e. The zero-order valence-corrected chi connectivity index (χ0v) is 13.6. The molecule has 0 amide bonds. The molecule has 118 valence electrons. The van der Waals surface area contributed by atoms with Crippen molar-refractivity contribution < 1.29 is 17.9 Å². The SMILES string of the molecule is Cc1cc(OCC2CCOC2)c(C(C)C)cc1S(N)(=O)=O. The fourth-order valence-electron chi connectivity index (χ4n) is 2.48. The number of sulfonamides is 1. The van der Waals surface area contributed by atoms with Gasteiger partial charge < -0.3 is 9.47 Å². The van der Waals surface area contributed by atoms with E-state index >= 15 is 0 Å². The number of nitrogens with two attached hydrogens (primary N) is 1. The van der Waals surface area contributed by atoms with Crippen LogP contribution in [0.3, 0.4) is 0 Å². The number of primary sulfonamides is 1. The molecule has 5 nitrogen and oxygen atoms in total. The van der Waals surface area contributed by atoms with Crippen LogP contribution in [0.15, 0.2) is 17.0 Å². The largest absolute Gasteiger partial charge is 0.493 e. The first-order valence-electron chi connectivity index (χ1n) is 7.17. The molecule has 0 spiro atoms. The molecule has 0 radical (unpaired) electrons. The molecule has 6 heteroatoms. The third-order valence-electron chi connectivity index (χ3n) is 3.73. The topological polar surface area (TPSA) is 78.6 Å². The molecule has 1 fully saturated rings. The van der Waals surface area contributed by atoms with Crippen molar-refractivity contribution in [2.75, 3.05) is 19.8 Å². The van der Waals surface area contributed by atoms with Crippen LogP contribution in [0.25, 0.3) is 0 Å². The van der Waals surface area contributed by atoms with Crippen molar-refractivity contribution in [1.29, 1.82) is 0 Å². The molecule has 0 aliphatic carbocycles. The molecule has 1 unspecified atom stereocenters. The van der Waals surface area contributed by atoms with Gasteiger partial charge in [0.05, 0.1) is 18.1 Å². The standard InChI is InChI=1S/C15H23NO4S/c1-10(2)13-7-15(21(16,17)18)11(3)6-14(13)20-9-12-4-5-19-8-12/h6-7,10,12H,4-5,8-9H2,1-3H3,(H2,16,17,18). The molecule has 1 aliphatic heterocycles. The molecule has 2 rings (SSSR count). The van der Waals surface area contributed by atoms with E-state index in [9.17, 15) is 8.42 Å². The highest BCUT2D eigenvalue weighted by Crippen LogP contribution is 2.32.